The van der Waals surface area contributed by atoms with Crippen LogP contribution in [0.2, 0.25) is 0 Å². The van der Waals surface area contributed by atoms with E-state index in [1.165, 1.54) is 18.2 Å². The van der Waals surface area contributed by atoms with Gasteiger partial charge in [-0.15, -0.1) is 10.2 Å². The highest BCUT2D eigenvalue weighted by Crippen LogP contribution is 2.22. The number of aromatic nitrogens is 4. The van der Waals surface area contributed by atoms with Gasteiger partial charge in [0.15, 0.2) is 5.82 Å². The summed E-state index contributed by atoms with van der Waals surface area (Å²) in [6, 6.07) is 6.21. The molecule has 1 aliphatic heterocycles. The van der Waals surface area contributed by atoms with Gasteiger partial charge in [0, 0.05) is 18.3 Å². The zero-order valence-corrected chi connectivity index (χ0v) is 15.9. The molecule has 0 spiro atoms. The summed E-state index contributed by atoms with van der Waals surface area (Å²) in [5.41, 5.74) is 1.98. The van der Waals surface area contributed by atoms with Gasteiger partial charge in [-0.05, 0) is 57.7 Å². The van der Waals surface area contributed by atoms with Crippen LogP contribution in [0, 0.1) is 13.8 Å². The molecule has 1 aliphatic rings. The molecule has 0 aliphatic carbocycles. The fourth-order valence-corrected chi connectivity index (χ4v) is 4.04. The van der Waals surface area contributed by atoms with Crippen molar-refractivity contribution in [2.45, 2.75) is 57.5 Å². The topological polar surface area (TPSA) is 63.9 Å². The molecule has 3 heterocycles. The molecule has 6 nitrogen and oxygen atoms in total. The van der Waals surface area contributed by atoms with Crippen LogP contribution in [0.25, 0.3) is 5.82 Å². The number of nitrogens with zero attached hydrogens (tertiary/aromatic N) is 5. The normalized spacial score (nSPS) is 17.7. The lowest BCUT2D eigenvalue weighted by atomic mass is 10.0. The largest absolute Gasteiger partial charge is 0.339 e. The van der Waals surface area contributed by atoms with Gasteiger partial charge < -0.3 is 4.90 Å². The van der Waals surface area contributed by atoms with Crippen molar-refractivity contribution in [1.29, 1.82) is 0 Å². The molecule has 0 bridgehead atoms. The van der Waals surface area contributed by atoms with Gasteiger partial charge in [-0.25, -0.2) is 4.68 Å². The van der Waals surface area contributed by atoms with E-state index < -0.39 is 0 Å². The summed E-state index contributed by atoms with van der Waals surface area (Å²) in [5.74, 6) is 1.33. The van der Waals surface area contributed by atoms with E-state index in [4.69, 9.17) is 0 Å². The van der Waals surface area contributed by atoms with Gasteiger partial charge in [-0.2, -0.15) is 5.10 Å². The fourth-order valence-electron chi connectivity index (χ4n) is 3.34. The second kappa shape index (κ2) is 7.99. The number of rotatable bonds is 5. The molecule has 1 saturated heterocycles. The Morgan fingerprint density at radius 3 is 2.76 bits per heavy atom. The highest BCUT2D eigenvalue weighted by atomic mass is 32.2. The second-order valence-electron chi connectivity index (χ2n) is 6.50. The van der Waals surface area contributed by atoms with Crippen LogP contribution in [0.5, 0.6) is 0 Å². The molecule has 2 aromatic rings. The fraction of sp³-hybridized carbons (Fsp3) is 0.556. The van der Waals surface area contributed by atoms with Crippen LogP contribution in [0.15, 0.2) is 23.2 Å². The van der Waals surface area contributed by atoms with Gasteiger partial charge in [0.05, 0.1) is 11.4 Å². The molecular formula is C18H25N5OS. The predicted molar refractivity (Wildman–Crippen MR) is 99.0 cm³/mol. The highest BCUT2D eigenvalue weighted by Gasteiger charge is 2.25. The minimum atomic E-state index is 0.209. The summed E-state index contributed by atoms with van der Waals surface area (Å²) >= 11 is 1.45. The van der Waals surface area contributed by atoms with Gasteiger partial charge in [0.1, 0.15) is 5.03 Å². The Labute approximate surface area is 153 Å². The van der Waals surface area contributed by atoms with Gasteiger partial charge in [0.25, 0.3) is 0 Å². The Kier molecular flexibility index (Phi) is 5.73. The maximum Gasteiger partial charge on any atom is 0.233 e. The second-order valence-corrected chi connectivity index (χ2v) is 7.50. The molecule has 0 saturated carbocycles. The maximum atomic E-state index is 12.5. The van der Waals surface area contributed by atoms with E-state index in [1.807, 2.05) is 36.9 Å². The monoisotopic (exact) mass is 359 g/mol. The molecule has 7 heteroatoms. The summed E-state index contributed by atoms with van der Waals surface area (Å²) in [6.45, 7) is 7.00. The van der Waals surface area contributed by atoms with Crippen molar-refractivity contribution in [3.8, 4) is 5.82 Å². The minimum Gasteiger partial charge on any atom is -0.339 e. The van der Waals surface area contributed by atoms with Gasteiger partial charge in [-0.3, -0.25) is 4.79 Å². The Morgan fingerprint density at radius 1 is 1.28 bits per heavy atom. The molecule has 1 amide bonds. The van der Waals surface area contributed by atoms with Crippen LogP contribution in [0.4, 0.5) is 0 Å². The molecule has 134 valence electrons. The summed E-state index contributed by atoms with van der Waals surface area (Å²) in [5, 5.41) is 13.7. The zero-order chi connectivity index (χ0) is 17.8. The van der Waals surface area contributed by atoms with Crippen molar-refractivity contribution in [3.63, 3.8) is 0 Å². The smallest absolute Gasteiger partial charge is 0.233 e. The van der Waals surface area contributed by atoms with E-state index in [-0.39, 0.29) is 5.91 Å². The first-order valence-electron chi connectivity index (χ1n) is 8.88. The number of hydrogen-bond donors (Lipinski definition) is 0. The maximum absolute atomic E-state index is 12.5. The Balaban J connectivity index is 1.60. The molecule has 1 atom stereocenters. The molecule has 0 unspecified atom stereocenters. The number of likely N-dealkylation sites (tertiary alicyclic amines) is 1. The van der Waals surface area contributed by atoms with Gasteiger partial charge in [-0.1, -0.05) is 18.7 Å². The van der Waals surface area contributed by atoms with E-state index in [0.717, 1.165) is 42.2 Å². The van der Waals surface area contributed by atoms with Crippen molar-refractivity contribution < 1.29 is 4.79 Å². The Bertz CT molecular complexity index is 728. The number of hydrogen-bond acceptors (Lipinski definition) is 5. The molecule has 0 N–H and O–H groups in total. The van der Waals surface area contributed by atoms with Crippen LogP contribution in [-0.4, -0.2) is 49.1 Å². The van der Waals surface area contributed by atoms with Crippen molar-refractivity contribution in [2.75, 3.05) is 12.3 Å². The molecule has 0 aromatic carbocycles. The first kappa shape index (κ1) is 17.9. The molecule has 1 fully saturated rings. The first-order valence-corrected chi connectivity index (χ1v) is 9.86. The Hall–Kier alpha value is -1.89. The van der Waals surface area contributed by atoms with Gasteiger partial charge >= 0.3 is 0 Å². The van der Waals surface area contributed by atoms with E-state index in [1.54, 1.807) is 4.68 Å². The van der Waals surface area contributed by atoms with Crippen LogP contribution in [-0.2, 0) is 4.79 Å². The van der Waals surface area contributed by atoms with Crippen molar-refractivity contribution in [3.05, 3.63) is 29.6 Å². The van der Waals surface area contributed by atoms with Crippen molar-refractivity contribution in [1.82, 2.24) is 24.9 Å². The highest BCUT2D eigenvalue weighted by molar-refractivity contribution is 7.99. The number of amides is 1. The third-order valence-electron chi connectivity index (χ3n) is 4.61. The summed E-state index contributed by atoms with van der Waals surface area (Å²) in [6.07, 6.45) is 4.51. The van der Waals surface area contributed by atoms with Crippen LogP contribution in [0.3, 0.4) is 0 Å². The quantitative estimate of drug-likeness (QED) is 0.767. The van der Waals surface area contributed by atoms with Crippen LogP contribution >= 0.6 is 11.8 Å². The number of carbonyl (C=O) groups is 1. The zero-order valence-electron chi connectivity index (χ0n) is 15.1. The third-order valence-corrected chi connectivity index (χ3v) is 5.52. The molecule has 25 heavy (non-hydrogen) atoms. The van der Waals surface area contributed by atoms with E-state index in [9.17, 15) is 4.79 Å². The number of carbonyl (C=O) groups excluding carboxylic acids is 1. The SMILES string of the molecule is CC[C@@H]1CCCCN1C(=O)CSc1ccc(-n2nc(C)cc2C)nn1. The molecular weight excluding hydrogens is 334 g/mol. The third kappa shape index (κ3) is 4.21. The van der Waals surface area contributed by atoms with E-state index >= 15 is 0 Å². The standard InChI is InChI=1S/C18H25N5OS/c1-4-15-7-5-6-10-22(15)18(24)12-25-17-9-8-16(19-20-17)23-14(3)11-13(2)21-23/h8-9,11,15H,4-7,10,12H2,1-3H3/t15-/m1/s1. The summed E-state index contributed by atoms with van der Waals surface area (Å²) < 4.78 is 1.78. The number of piperidine rings is 1. The van der Waals surface area contributed by atoms with Crippen molar-refractivity contribution >= 4 is 17.7 Å². The lowest BCUT2D eigenvalue weighted by molar-refractivity contribution is -0.132. The Morgan fingerprint density at radius 2 is 2.12 bits per heavy atom. The van der Waals surface area contributed by atoms with E-state index in [0.29, 0.717) is 17.6 Å². The average molecular weight is 359 g/mol. The molecule has 0 radical (unpaired) electrons. The number of thioether (sulfide) groups is 1. The number of aryl methyl sites for hydroxylation is 2. The molecule has 3 rings (SSSR count). The lowest BCUT2D eigenvalue weighted by Gasteiger charge is -2.35. The van der Waals surface area contributed by atoms with Crippen molar-refractivity contribution in [2.24, 2.45) is 0 Å². The molecule has 2 aromatic heterocycles. The summed E-state index contributed by atoms with van der Waals surface area (Å²) in [4.78, 5) is 14.6. The van der Waals surface area contributed by atoms with E-state index in [2.05, 4.69) is 22.2 Å². The van der Waals surface area contributed by atoms with Crippen LogP contribution < -0.4 is 0 Å². The first-order chi connectivity index (χ1) is 12.1. The van der Waals surface area contributed by atoms with Gasteiger partial charge in [0.2, 0.25) is 5.91 Å². The predicted octanol–water partition coefficient (Wildman–Crippen LogP) is 3.16. The minimum absolute atomic E-state index is 0.209. The summed E-state index contributed by atoms with van der Waals surface area (Å²) in [7, 11) is 0. The lowest BCUT2D eigenvalue weighted by Crippen LogP contribution is -2.44. The van der Waals surface area contributed by atoms with Crippen LogP contribution in [0.1, 0.15) is 44.0 Å². The average Bonchev–Trinajstić information content (AvgIpc) is 2.98.